The quantitative estimate of drug-likeness (QED) is 0.544. The van der Waals surface area contributed by atoms with Gasteiger partial charge in [0.2, 0.25) is 0 Å². The van der Waals surface area contributed by atoms with Crippen LogP contribution in [0.4, 0.5) is 26.3 Å². The second-order valence-corrected chi connectivity index (χ2v) is 8.40. The summed E-state index contributed by atoms with van der Waals surface area (Å²) in [4.78, 5) is 0. The van der Waals surface area contributed by atoms with Crippen molar-refractivity contribution in [1.82, 2.24) is 0 Å². The average Bonchev–Trinajstić information content (AvgIpc) is 1.98. The Morgan fingerprint density at radius 2 is 0.938 bits per heavy atom. The molecule has 0 heterocycles. The van der Waals surface area contributed by atoms with Crippen molar-refractivity contribution in [3.63, 3.8) is 0 Å². The van der Waals surface area contributed by atoms with E-state index in [1.165, 1.54) is 0 Å². The van der Waals surface area contributed by atoms with Crippen LogP contribution in [0.3, 0.4) is 0 Å². The van der Waals surface area contributed by atoms with E-state index in [0.717, 1.165) is 0 Å². The zero-order valence-corrected chi connectivity index (χ0v) is 9.66. The first-order valence-corrected chi connectivity index (χ1v) is 6.77. The van der Waals surface area contributed by atoms with Gasteiger partial charge in [0.15, 0.2) is 0 Å². The molecule has 0 unspecified atom stereocenters. The van der Waals surface area contributed by atoms with Gasteiger partial charge in [0.05, 0.1) is 0 Å². The van der Waals surface area contributed by atoms with Crippen LogP contribution in [-0.2, 0) is 19.7 Å². The molecule has 0 atom stereocenters. The van der Waals surface area contributed by atoms with E-state index in [-0.39, 0.29) is 0 Å². The minimum atomic E-state index is -6.46. The van der Waals surface area contributed by atoms with Gasteiger partial charge in [-0.2, -0.15) is 0 Å². The molecular weight excluding hydrogens is 305 g/mol. The molecule has 0 aliphatic heterocycles. The first kappa shape index (κ1) is 16.0. The van der Waals surface area contributed by atoms with Crippen molar-refractivity contribution in [2.75, 3.05) is 0 Å². The number of alkyl halides is 6. The minimum absolute atomic E-state index is 0.507. The van der Waals surface area contributed by atoms with Crippen LogP contribution in [0.25, 0.3) is 0 Å². The number of halogens is 6. The van der Waals surface area contributed by atoms with Crippen molar-refractivity contribution >= 4 is 36.0 Å². The molecule has 0 aliphatic carbocycles. The molecule has 0 radical (unpaired) electrons. The fourth-order valence-corrected chi connectivity index (χ4v) is 3.87. The maximum atomic E-state index is 11.8. The van der Waals surface area contributed by atoms with Crippen LogP contribution in [0.2, 0.25) is 0 Å². The predicted molar refractivity (Wildman–Crippen MR) is 39.5 cm³/mol. The molecule has 0 bridgehead atoms. The molecule has 0 spiro atoms. The molecule has 0 aromatic heterocycles. The third-order valence-electron chi connectivity index (χ3n) is 1.26. The summed E-state index contributed by atoms with van der Waals surface area (Å²) in [6.07, 6.45) is 0. The van der Waals surface area contributed by atoms with Crippen LogP contribution in [0.5, 0.6) is 0 Å². The summed E-state index contributed by atoms with van der Waals surface area (Å²) in [5, 5.41) is 0. The molecule has 0 saturated heterocycles. The van der Waals surface area contributed by atoms with Crippen molar-refractivity contribution in [1.29, 1.82) is 0 Å². The van der Waals surface area contributed by atoms with Crippen molar-refractivity contribution in [3.8, 4) is 0 Å². The normalized spacial score (nSPS) is 15.6. The molecule has 92 valence electrons. The predicted octanol–water partition coefficient (Wildman–Crippen LogP) is 0.308. The van der Waals surface area contributed by atoms with Crippen molar-refractivity contribution in [2.45, 2.75) is 14.5 Å². The fourth-order valence-electron chi connectivity index (χ4n) is 0.430. The van der Waals surface area contributed by atoms with E-state index >= 15 is 0 Å². The summed E-state index contributed by atoms with van der Waals surface area (Å²) < 4.78 is 109. The number of hydrogen-bond acceptors (Lipinski definition) is 4. The van der Waals surface area contributed by atoms with Gasteiger partial charge in [-0.3, -0.25) is 0 Å². The van der Waals surface area contributed by atoms with Crippen LogP contribution in [0.15, 0.2) is 0 Å². The summed E-state index contributed by atoms with van der Waals surface area (Å²) in [7, 11) is -12.9. The van der Waals surface area contributed by atoms with Crippen LogP contribution >= 0.6 is 0 Å². The standard InChI is InChI=1S/C3HF6O4S2.Al/c4-2(5,6)14(10,11)1-15(12,13)3(7,8)9;/h1H;/q;+2. The third-order valence-corrected chi connectivity index (χ3v) is 7.44. The molecule has 0 saturated carbocycles. The van der Waals surface area contributed by atoms with E-state index in [2.05, 4.69) is 0 Å². The first-order valence-electron chi connectivity index (χ1n) is 3.01. The van der Waals surface area contributed by atoms with E-state index in [4.69, 9.17) is 0 Å². The molecule has 0 amide bonds. The molecule has 16 heavy (non-hydrogen) atoms. The topological polar surface area (TPSA) is 68.3 Å². The molecular formula is C3HAlF6O4S2+2. The Balaban J connectivity index is 5.70. The van der Waals surface area contributed by atoms with Gasteiger partial charge in [-0.25, -0.2) is 0 Å². The van der Waals surface area contributed by atoms with Crippen molar-refractivity contribution < 1.29 is 43.2 Å². The molecule has 0 aromatic rings. The van der Waals surface area contributed by atoms with Gasteiger partial charge >= 0.3 is 93.6 Å². The van der Waals surface area contributed by atoms with E-state index in [1.54, 1.807) is 0 Å². The Hall–Kier alpha value is 0.0125. The van der Waals surface area contributed by atoms with Crippen molar-refractivity contribution in [3.05, 3.63) is 0 Å². The SMILES string of the molecule is O=S(=O)([CH]([Al+2])S(=O)(=O)C(F)(F)F)C(F)(F)F. The summed E-state index contributed by atoms with van der Waals surface area (Å²) in [6, 6.07) is 0. The van der Waals surface area contributed by atoms with Crippen LogP contribution in [0.1, 0.15) is 0 Å². The molecule has 13 heteroatoms. The zero-order valence-electron chi connectivity index (χ0n) is 6.87. The third kappa shape index (κ3) is 2.63. The van der Waals surface area contributed by atoms with E-state index in [1.807, 2.05) is 0 Å². The first-order chi connectivity index (χ1) is 6.65. The molecule has 0 aliphatic rings. The zero-order chi connectivity index (χ0) is 13.6. The molecule has 0 rings (SSSR count). The van der Waals surface area contributed by atoms with Gasteiger partial charge in [0.1, 0.15) is 0 Å². The Morgan fingerprint density at radius 1 is 0.750 bits per heavy atom. The number of hydrogen-bond donors (Lipinski definition) is 0. The van der Waals surface area contributed by atoms with Gasteiger partial charge in [0.25, 0.3) is 0 Å². The maximum absolute atomic E-state index is 11.8. The summed E-state index contributed by atoms with van der Waals surface area (Å²) in [6.45, 7) is 0. The summed E-state index contributed by atoms with van der Waals surface area (Å²) in [5.41, 5.74) is -12.2. The second-order valence-electron chi connectivity index (χ2n) is 2.35. The Kier molecular flexibility index (Phi) is 4.04. The van der Waals surface area contributed by atoms with Gasteiger partial charge in [0, 0.05) is 0 Å². The average molecular weight is 306 g/mol. The van der Waals surface area contributed by atoms with Gasteiger partial charge < -0.3 is 0 Å². The molecule has 0 fully saturated rings. The monoisotopic (exact) mass is 306 g/mol. The fraction of sp³-hybridized carbons (Fsp3) is 1.00. The van der Waals surface area contributed by atoms with Crippen LogP contribution in [0, 0.1) is 0 Å². The number of rotatable bonds is 2. The van der Waals surface area contributed by atoms with E-state index in [0.29, 0.717) is 16.3 Å². The van der Waals surface area contributed by atoms with Crippen molar-refractivity contribution in [2.24, 2.45) is 0 Å². The second kappa shape index (κ2) is 4.04. The summed E-state index contributed by atoms with van der Waals surface area (Å²) in [5.74, 6) is 0. The van der Waals surface area contributed by atoms with E-state index in [9.17, 15) is 43.2 Å². The van der Waals surface area contributed by atoms with Crippen LogP contribution in [-0.4, -0.2) is 47.6 Å². The Bertz CT molecular complexity index is 413. The van der Waals surface area contributed by atoms with Gasteiger partial charge in [-0.15, -0.1) is 0 Å². The van der Waals surface area contributed by atoms with Gasteiger partial charge in [-0.1, -0.05) is 0 Å². The van der Waals surface area contributed by atoms with E-state index < -0.39 is 34.1 Å². The molecule has 4 nitrogen and oxygen atoms in total. The van der Waals surface area contributed by atoms with Crippen LogP contribution < -0.4 is 0 Å². The Labute approximate surface area is 93.9 Å². The Morgan fingerprint density at radius 3 is 1.06 bits per heavy atom. The summed E-state index contributed by atoms with van der Waals surface area (Å²) >= 11 is 0.507. The van der Waals surface area contributed by atoms with Gasteiger partial charge in [-0.05, 0) is 0 Å². The molecule has 0 aromatic carbocycles. The number of sulfone groups is 2. The molecule has 0 N–H and O–H groups in total.